The normalized spacial score (nSPS) is 19.5. The van der Waals surface area contributed by atoms with Crippen molar-refractivity contribution in [2.24, 2.45) is 5.92 Å². The lowest BCUT2D eigenvalue weighted by Crippen LogP contribution is -2.39. The molecule has 2 rings (SSSR count). The number of rotatable bonds is 5. The van der Waals surface area contributed by atoms with Crippen LogP contribution in [0.5, 0.6) is 0 Å². The molecule has 1 saturated heterocycles. The highest BCUT2D eigenvalue weighted by molar-refractivity contribution is 5.31. The summed E-state index contributed by atoms with van der Waals surface area (Å²) in [6, 6.07) is 0.912. The Morgan fingerprint density at radius 2 is 2.24 bits per heavy atom. The zero-order chi connectivity index (χ0) is 15.3. The monoisotopic (exact) mass is 302 g/mol. The fraction of sp³-hybridized carbons (Fsp3) is 0.714. The summed E-state index contributed by atoms with van der Waals surface area (Å²) in [7, 11) is 0. The van der Waals surface area contributed by atoms with Gasteiger partial charge in [-0.15, -0.1) is 0 Å². The van der Waals surface area contributed by atoms with Crippen LogP contribution in [0.15, 0.2) is 12.3 Å². The zero-order valence-corrected chi connectivity index (χ0v) is 12.2. The number of aromatic nitrogens is 2. The first-order valence-electron chi connectivity index (χ1n) is 7.36. The van der Waals surface area contributed by atoms with E-state index < -0.39 is 11.9 Å². The van der Waals surface area contributed by atoms with Crippen LogP contribution >= 0.6 is 0 Å². The second-order valence-electron chi connectivity index (χ2n) is 5.40. The Morgan fingerprint density at radius 3 is 2.86 bits per heavy atom. The number of alkyl halides is 3. The van der Waals surface area contributed by atoms with E-state index in [1.54, 1.807) is 0 Å². The molecule has 7 heteroatoms. The van der Waals surface area contributed by atoms with Crippen molar-refractivity contribution in [2.75, 3.05) is 31.1 Å². The zero-order valence-electron chi connectivity index (χ0n) is 12.2. The minimum atomic E-state index is -4.43. The first-order chi connectivity index (χ1) is 10.0. The Hall–Kier alpha value is -1.37. The van der Waals surface area contributed by atoms with Gasteiger partial charge < -0.3 is 10.2 Å². The molecule has 0 spiro atoms. The maximum Gasteiger partial charge on any atom is 0.433 e. The van der Waals surface area contributed by atoms with Crippen LogP contribution in [0.25, 0.3) is 0 Å². The van der Waals surface area contributed by atoms with Crippen molar-refractivity contribution >= 4 is 5.95 Å². The van der Waals surface area contributed by atoms with Crippen LogP contribution in [0.4, 0.5) is 19.1 Å². The number of hydrogen-bond donors (Lipinski definition) is 1. The van der Waals surface area contributed by atoms with Gasteiger partial charge in [-0.25, -0.2) is 9.97 Å². The summed E-state index contributed by atoms with van der Waals surface area (Å²) in [5, 5.41) is 3.32. The van der Waals surface area contributed by atoms with Crippen molar-refractivity contribution in [3.8, 4) is 0 Å². The summed E-state index contributed by atoms with van der Waals surface area (Å²) in [5.74, 6) is 0.612. The molecule has 0 bridgehead atoms. The summed E-state index contributed by atoms with van der Waals surface area (Å²) in [6.07, 6.45) is -0.199. The highest BCUT2D eigenvalue weighted by Gasteiger charge is 2.33. The summed E-state index contributed by atoms with van der Waals surface area (Å²) in [5.41, 5.74) is -0.879. The minimum Gasteiger partial charge on any atom is -0.341 e. The maximum absolute atomic E-state index is 12.8. The van der Waals surface area contributed by atoms with Crippen molar-refractivity contribution < 1.29 is 13.2 Å². The van der Waals surface area contributed by atoms with Crippen LogP contribution in [0, 0.1) is 5.92 Å². The molecule has 1 N–H and O–H groups in total. The number of anilines is 1. The molecule has 4 nitrogen and oxygen atoms in total. The maximum atomic E-state index is 12.8. The third-order valence-corrected chi connectivity index (χ3v) is 3.59. The van der Waals surface area contributed by atoms with Crippen LogP contribution in [0.2, 0.25) is 0 Å². The molecule has 0 amide bonds. The molecular weight excluding hydrogens is 281 g/mol. The molecule has 1 fully saturated rings. The molecule has 21 heavy (non-hydrogen) atoms. The molecule has 1 aliphatic rings. The fourth-order valence-electron chi connectivity index (χ4n) is 2.59. The van der Waals surface area contributed by atoms with Crippen molar-refractivity contribution in [1.29, 1.82) is 0 Å². The van der Waals surface area contributed by atoms with Gasteiger partial charge in [0.25, 0.3) is 0 Å². The summed E-state index contributed by atoms with van der Waals surface area (Å²) < 4.78 is 38.3. The van der Waals surface area contributed by atoms with Crippen LogP contribution in [-0.4, -0.2) is 36.1 Å². The highest BCUT2D eigenvalue weighted by atomic mass is 19.4. The predicted molar refractivity (Wildman–Crippen MR) is 75.1 cm³/mol. The average molecular weight is 302 g/mol. The first-order valence-corrected chi connectivity index (χ1v) is 7.36. The second kappa shape index (κ2) is 7.06. The van der Waals surface area contributed by atoms with Gasteiger partial charge in [-0.2, -0.15) is 13.2 Å². The Balaban J connectivity index is 2.13. The van der Waals surface area contributed by atoms with E-state index in [2.05, 4.69) is 15.3 Å². The van der Waals surface area contributed by atoms with Gasteiger partial charge in [-0.3, -0.25) is 0 Å². The summed E-state index contributed by atoms with van der Waals surface area (Å²) in [6.45, 7) is 5.28. The minimum absolute atomic E-state index is 0.178. The third-order valence-electron chi connectivity index (χ3n) is 3.59. The largest absolute Gasteiger partial charge is 0.433 e. The Labute approximate surface area is 122 Å². The molecule has 2 heterocycles. The standard InChI is InChI=1S/C14H21F3N4/c1-2-8-21(10-11-4-3-6-18-9-11)13-19-7-5-12(20-13)14(15,16)17/h5,7,11,18H,2-4,6,8-10H2,1H3. The summed E-state index contributed by atoms with van der Waals surface area (Å²) in [4.78, 5) is 9.60. The lowest BCUT2D eigenvalue weighted by molar-refractivity contribution is -0.141. The van der Waals surface area contributed by atoms with Crippen LogP contribution in [0.1, 0.15) is 31.9 Å². The number of nitrogens with one attached hydrogen (secondary N) is 1. The number of halogens is 3. The lowest BCUT2D eigenvalue weighted by atomic mass is 9.99. The molecule has 118 valence electrons. The van der Waals surface area contributed by atoms with Gasteiger partial charge in [0.05, 0.1) is 0 Å². The SMILES string of the molecule is CCCN(CC1CCCNC1)c1nccc(C(F)(F)F)n1. The van der Waals surface area contributed by atoms with E-state index in [0.717, 1.165) is 38.4 Å². The Kier molecular flexibility index (Phi) is 5.39. The third kappa shape index (κ3) is 4.56. The quantitative estimate of drug-likeness (QED) is 0.908. The van der Waals surface area contributed by atoms with E-state index in [1.807, 2.05) is 11.8 Å². The number of piperidine rings is 1. The second-order valence-corrected chi connectivity index (χ2v) is 5.40. The molecule has 0 aliphatic carbocycles. The number of hydrogen-bond acceptors (Lipinski definition) is 4. The smallest absolute Gasteiger partial charge is 0.341 e. The van der Waals surface area contributed by atoms with Gasteiger partial charge in [-0.05, 0) is 44.3 Å². The van der Waals surface area contributed by atoms with Gasteiger partial charge in [0.2, 0.25) is 5.95 Å². The first kappa shape index (κ1) is 16.0. The van der Waals surface area contributed by atoms with Crippen molar-refractivity contribution in [3.63, 3.8) is 0 Å². The highest BCUT2D eigenvalue weighted by Crippen LogP contribution is 2.28. The molecule has 1 aromatic rings. The van der Waals surface area contributed by atoms with E-state index >= 15 is 0 Å². The van der Waals surface area contributed by atoms with Crippen molar-refractivity contribution in [2.45, 2.75) is 32.4 Å². The van der Waals surface area contributed by atoms with Gasteiger partial charge in [-0.1, -0.05) is 6.92 Å². The van der Waals surface area contributed by atoms with E-state index in [9.17, 15) is 13.2 Å². The van der Waals surface area contributed by atoms with Crippen molar-refractivity contribution in [1.82, 2.24) is 15.3 Å². The van der Waals surface area contributed by atoms with E-state index in [4.69, 9.17) is 0 Å². The summed E-state index contributed by atoms with van der Waals surface area (Å²) >= 11 is 0. The molecule has 1 unspecified atom stereocenters. The fourth-order valence-corrected chi connectivity index (χ4v) is 2.59. The van der Waals surface area contributed by atoms with Gasteiger partial charge in [0.1, 0.15) is 5.69 Å². The van der Waals surface area contributed by atoms with E-state index in [1.165, 1.54) is 6.20 Å². The topological polar surface area (TPSA) is 41.0 Å². The van der Waals surface area contributed by atoms with Crippen LogP contribution < -0.4 is 10.2 Å². The molecule has 0 saturated carbocycles. The lowest BCUT2D eigenvalue weighted by Gasteiger charge is -2.30. The molecule has 1 aromatic heterocycles. The van der Waals surface area contributed by atoms with Gasteiger partial charge >= 0.3 is 6.18 Å². The molecule has 0 aromatic carbocycles. The Bertz CT molecular complexity index is 444. The van der Waals surface area contributed by atoms with Crippen LogP contribution in [0.3, 0.4) is 0 Å². The Morgan fingerprint density at radius 1 is 1.43 bits per heavy atom. The number of nitrogens with zero attached hydrogens (tertiary/aromatic N) is 3. The molecule has 1 atom stereocenters. The van der Waals surface area contributed by atoms with Crippen molar-refractivity contribution in [3.05, 3.63) is 18.0 Å². The average Bonchev–Trinajstić information content (AvgIpc) is 2.47. The predicted octanol–water partition coefficient (Wildman–Crippen LogP) is 2.71. The molecule has 0 radical (unpaired) electrons. The van der Waals surface area contributed by atoms with E-state index in [0.29, 0.717) is 19.0 Å². The van der Waals surface area contributed by atoms with Gasteiger partial charge in [0.15, 0.2) is 0 Å². The molecule has 1 aliphatic heterocycles. The van der Waals surface area contributed by atoms with Crippen LogP contribution in [-0.2, 0) is 6.18 Å². The van der Waals surface area contributed by atoms with Gasteiger partial charge in [0, 0.05) is 19.3 Å². The molecular formula is C14H21F3N4. The van der Waals surface area contributed by atoms with E-state index in [-0.39, 0.29) is 5.95 Å².